The van der Waals surface area contributed by atoms with Crippen LogP contribution in [0.5, 0.6) is 0 Å². The van der Waals surface area contributed by atoms with E-state index in [2.05, 4.69) is 5.32 Å². The summed E-state index contributed by atoms with van der Waals surface area (Å²) >= 11 is 0. The fraction of sp³-hybridized carbons (Fsp3) is 0.429. The molecule has 0 aromatic heterocycles. The zero-order valence-electron chi connectivity index (χ0n) is 11.8. The minimum absolute atomic E-state index is 0.218. The highest BCUT2D eigenvalue weighted by atomic mass is 19.4. The molecule has 22 heavy (non-hydrogen) atoms. The van der Waals surface area contributed by atoms with Crippen LogP contribution in [-0.2, 0) is 15.7 Å². The van der Waals surface area contributed by atoms with E-state index in [1.165, 1.54) is 19.2 Å². The van der Waals surface area contributed by atoms with E-state index in [-0.39, 0.29) is 19.1 Å². The van der Waals surface area contributed by atoms with E-state index in [0.29, 0.717) is 12.2 Å². The lowest BCUT2D eigenvalue weighted by molar-refractivity contribution is -0.137. The van der Waals surface area contributed by atoms with Crippen molar-refractivity contribution in [1.82, 2.24) is 5.32 Å². The second kappa shape index (κ2) is 6.23. The number of hydrogen-bond acceptors (Lipinski definition) is 4. The number of ether oxygens (including phenoxy) is 1. The molecular formula is C14H14F3N3O2. The molecule has 1 heterocycles. The van der Waals surface area contributed by atoms with Gasteiger partial charge in [-0.25, -0.2) is 0 Å². The van der Waals surface area contributed by atoms with Crippen LogP contribution in [0.4, 0.5) is 18.9 Å². The smallest absolute Gasteiger partial charge is 0.366 e. The van der Waals surface area contributed by atoms with Crippen LogP contribution in [0.1, 0.15) is 11.1 Å². The number of benzene rings is 1. The van der Waals surface area contributed by atoms with Gasteiger partial charge in [0, 0.05) is 19.3 Å². The lowest BCUT2D eigenvalue weighted by atomic mass is 10.1. The molecular weight excluding hydrogens is 299 g/mol. The zero-order valence-corrected chi connectivity index (χ0v) is 11.8. The molecule has 1 N–H and O–H groups in total. The quantitative estimate of drug-likeness (QED) is 0.899. The third-order valence-corrected chi connectivity index (χ3v) is 3.40. The Hall–Kier alpha value is -2.27. The zero-order chi connectivity index (χ0) is 16.3. The maximum atomic E-state index is 12.8. The molecule has 1 aliphatic heterocycles. The fourth-order valence-corrected chi connectivity index (χ4v) is 2.27. The number of nitrogens with one attached hydrogen (secondary N) is 1. The second-order valence-electron chi connectivity index (χ2n) is 4.76. The molecule has 0 spiro atoms. The average Bonchev–Trinajstić information content (AvgIpc) is 2.52. The molecule has 0 saturated carbocycles. The molecule has 0 radical (unpaired) electrons. The molecule has 5 nitrogen and oxygen atoms in total. The van der Waals surface area contributed by atoms with Gasteiger partial charge in [0.05, 0.1) is 30.3 Å². The highest BCUT2D eigenvalue weighted by molar-refractivity contribution is 5.81. The van der Waals surface area contributed by atoms with Crippen LogP contribution in [0.25, 0.3) is 0 Å². The van der Waals surface area contributed by atoms with Crippen molar-refractivity contribution < 1.29 is 22.7 Å². The predicted octanol–water partition coefficient (Wildman–Crippen LogP) is 1.53. The molecule has 118 valence electrons. The van der Waals surface area contributed by atoms with E-state index in [4.69, 9.17) is 10.00 Å². The summed E-state index contributed by atoms with van der Waals surface area (Å²) in [5.41, 5.74) is -0.940. The van der Waals surface area contributed by atoms with E-state index < -0.39 is 23.4 Å². The van der Waals surface area contributed by atoms with Crippen molar-refractivity contribution in [2.45, 2.75) is 12.3 Å². The van der Waals surface area contributed by atoms with E-state index in [1.54, 1.807) is 11.0 Å². The topological polar surface area (TPSA) is 65.4 Å². The highest BCUT2D eigenvalue weighted by Crippen LogP contribution is 2.34. The maximum Gasteiger partial charge on any atom is 0.417 e. The lowest BCUT2D eigenvalue weighted by Crippen LogP contribution is -2.49. The summed E-state index contributed by atoms with van der Waals surface area (Å²) in [6.07, 6.45) is -5.26. The van der Waals surface area contributed by atoms with E-state index >= 15 is 0 Å². The van der Waals surface area contributed by atoms with Gasteiger partial charge in [-0.1, -0.05) is 0 Å². The van der Waals surface area contributed by atoms with Gasteiger partial charge < -0.3 is 15.0 Å². The van der Waals surface area contributed by atoms with E-state index in [9.17, 15) is 18.0 Å². The van der Waals surface area contributed by atoms with Crippen LogP contribution in [0.15, 0.2) is 18.2 Å². The van der Waals surface area contributed by atoms with Crippen molar-refractivity contribution >= 4 is 11.6 Å². The Labute approximate surface area is 125 Å². The van der Waals surface area contributed by atoms with Crippen LogP contribution in [0.2, 0.25) is 0 Å². The fourth-order valence-electron chi connectivity index (χ4n) is 2.27. The van der Waals surface area contributed by atoms with Crippen LogP contribution in [-0.4, -0.2) is 38.8 Å². The van der Waals surface area contributed by atoms with Gasteiger partial charge in [-0.05, 0) is 18.2 Å². The van der Waals surface area contributed by atoms with Crippen molar-refractivity contribution in [2.75, 3.05) is 31.6 Å². The summed E-state index contributed by atoms with van der Waals surface area (Å²) in [4.78, 5) is 13.3. The summed E-state index contributed by atoms with van der Waals surface area (Å²) in [6.45, 7) is 0.931. The number of halogens is 3. The van der Waals surface area contributed by atoms with Crippen molar-refractivity contribution in [2.24, 2.45) is 0 Å². The normalized spacial score (nSPS) is 18.7. The van der Waals surface area contributed by atoms with Gasteiger partial charge in [0.1, 0.15) is 0 Å². The molecule has 1 fully saturated rings. The van der Waals surface area contributed by atoms with Gasteiger partial charge in [0.25, 0.3) is 5.91 Å². The number of hydrogen-bond donors (Lipinski definition) is 1. The van der Waals surface area contributed by atoms with Crippen molar-refractivity contribution in [3.05, 3.63) is 29.3 Å². The molecule has 1 amide bonds. The molecule has 1 aliphatic rings. The minimum atomic E-state index is -4.57. The summed E-state index contributed by atoms with van der Waals surface area (Å²) < 4.78 is 43.7. The highest BCUT2D eigenvalue weighted by Gasteiger charge is 2.34. The first-order valence-corrected chi connectivity index (χ1v) is 6.56. The third-order valence-electron chi connectivity index (χ3n) is 3.40. The molecule has 1 aromatic rings. The van der Waals surface area contributed by atoms with Gasteiger partial charge in [-0.2, -0.15) is 18.4 Å². The van der Waals surface area contributed by atoms with Crippen LogP contribution >= 0.6 is 0 Å². The predicted molar refractivity (Wildman–Crippen MR) is 72.2 cm³/mol. The average molecular weight is 313 g/mol. The van der Waals surface area contributed by atoms with Crippen molar-refractivity contribution in [1.29, 1.82) is 5.26 Å². The van der Waals surface area contributed by atoms with Gasteiger partial charge in [-0.3, -0.25) is 4.79 Å². The summed E-state index contributed by atoms with van der Waals surface area (Å²) in [7, 11) is 1.48. The van der Waals surface area contributed by atoms with Crippen molar-refractivity contribution in [3.63, 3.8) is 0 Å². The van der Waals surface area contributed by atoms with Gasteiger partial charge in [0.2, 0.25) is 0 Å². The van der Waals surface area contributed by atoms with E-state index in [1.807, 2.05) is 0 Å². The number of alkyl halides is 3. The van der Waals surface area contributed by atoms with Crippen LogP contribution in [0.3, 0.4) is 0 Å². The molecule has 0 unspecified atom stereocenters. The molecule has 1 saturated heterocycles. The number of carbonyl (C=O) groups excluding carboxylic acids is 1. The first kappa shape index (κ1) is 16.1. The molecule has 1 atom stereocenters. The minimum Gasteiger partial charge on any atom is -0.366 e. The van der Waals surface area contributed by atoms with Crippen LogP contribution in [0, 0.1) is 11.3 Å². The Morgan fingerprint density at radius 1 is 1.50 bits per heavy atom. The number of nitriles is 1. The Morgan fingerprint density at radius 2 is 2.23 bits per heavy atom. The number of amides is 1. The lowest BCUT2D eigenvalue weighted by Gasteiger charge is -2.33. The maximum absolute atomic E-state index is 12.8. The molecule has 2 rings (SSSR count). The molecule has 0 aliphatic carbocycles. The number of anilines is 1. The Morgan fingerprint density at radius 3 is 2.82 bits per heavy atom. The van der Waals surface area contributed by atoms with E-state index in [0.717, 1.165) is 6.07 Å². The van der Waals surface area contributed by atoms with Crippen LogP contribution < -0.4 is 10.2 Å². The first-order valence-electron chi connectivity index (χ1n) is 6.56. The largest absolute Gasteiger partial charge is 0.417 e. The SMILES string of the molecule is CNC(=O)[C@H]1CN(c2ccc(C(F)(F)F)c(C#N)c2)CCO1. The molecule has 8 heteroatoms. The third kappa shape index (κ3) is 3.31. The van der Waals surface area contributed by atoms with Crippen molar-refractivity contribution in [3.8, 4) is 6.07 Å². The van der Waals surface area contributed by atoms with Gasteiger partial charge in [-0.15, -0.1) is 0 Å². The number of rotatable bonds is 2. The molecule has 1 aromatic carbocycles. The number of likely N-dealkylation sites (N-methyl/N-ethyl adjacent to an activating group) is 1. The summed E-state index contributed by atoms with van der Waals surface area (Å²) in [5.74, 6) is -0.294. The Balaban J connectivity index is 2.26. The first-order chi connectivity index (χ1) is 10.4. The number of nitrogens with zero attached hydrogens (tertiary/aromatic N) is 2. The molecule has 0 bridgehead atoms. The number of morpholine rings is 1. The van der Waals surface area contributed by atoms with Gasteiger partial charge >= 0.3 is 6.18 Å². The Bertz CT molecular complexity index is 610. The summed E-state index contributed by atoms with van der Waals surface area (Å²) in [5, 5.41) is 11.4. The van der Waals surface area contributed by atoms with Gasteiger partial charge in [0.15, 0.2) is 6.10 Å². The second-order valence-corrected chi connectivity index (χ2v) is 4.76. The number of carbonyl (C=O) groups is 1. The standard InChI is InChI=1S/C14H14F3N3O2/c1-19-13(21)12-8-20(4-5-22-12)10-2-3-11(14(15,16)17)9(6-10)7-18/h2-3,6,12H,4-5,8H2,1H3,(H,19,21)/t12-/m1/s1. The summed E-state index contributed by atoms with van der Waals surface area (Å²) in [6, 6.07) is 4.95. The Kier molecular flexibility index (Phi) is 4.56. The monoisotopic (exact) mass is 313 g/mol.